The van der Waals surface area contributed by atoms with E-state index < -0.39 is 0 Å². The van der Waals surface area contributed by atoms with Gasteiger partial charge in [-0.3, -0.25) is 0 Å². The standard InChI is InChI=1S/C8H18O.C3H9N/c1-3-5-6-8(4-2)7-9;1-2-3-4/h8-9H,3-7H2,1-2H3;2-4H2,1H3. The van der Waals surface area contributed by atoms with E-state index in [1.54, 1.807) is 0 Å². The van der Waals surface area contributed by atoms with Gasteiger partial charge in [0.2, 0.25) is 0 Å². The molecule has 0 aliphatic carbocycles. The highest BCUT2D eigenvalue weighted by molar-refractivity contribution is 4.53. The van der Waals surface area contributed by atoms with Crippen molar-refractivity contribution in [3.05, 3.63) is 0 Å². The van der Waals surface area contributed by atoms with Gasteiger partial charge in [-0.25, -0.2) is 0 Å². The topological polar surface area (TPSA) is 46.2 Å². The van der Waals surface area contributed by atoms with Gasteiger partial charge in [0.15, 0.2) is 0 Å². The maximum Gasteiger partial charge on any atom is 0.0459 e. The molecule has 0 aromatic rings. The number of hydrogen-bond donors (Lipinski definition) is 2. The lowest BCUT2D eigenvalue weighted by molar-refractivity contribution is 0.212. The highest BCUT2D eigenvalue weighted by Gasteiger charge is 2.01. The third-order valence-electron chi connectivity index (χ3n) is 2.09. The van der Waals surface area contributed by atoms with E-state index in [-0.39, 0.29) is 0 Å². The van der Waals surface area contributed by atoms with Crippen LogP contribution >= 0.6 is 0 Å². The Hall–Kier alpha value is -0.0800. The fourth-order valence-corrected chi connectivity index (χ4v) is 0.917. The molecule has 13 heavy (non-hydrogen) atoms. The van der Waals surface area contributed by atoms with Gasteiger partial charge in [0.05, 0.1) is 0 Å². The number of unbranched alkanes of at least 4 members (excludes halogenated alkanes) is 1. The van der Waals surface area contributed by atoms with Crippen LogP contribution in [0.3, 0.4) is 0 Å². The van der Waals surface area contributed by atoms with Crippen molar-refractivity contribution < 1.29 is 5.11 Å². The van der Waals surface area contributed by atoms with Gasteiger partial charge in [0.1, 0.15) is 0 Å². The van der Waals surface area contributed by atoms with E-state index in [1.807, 2.05) is 0 Å². The van der Waals surface area contributed by atoms with E-state index in [1.165, 1.54) is 19.3 Å². The van der Waals surface area contributed by atoms with Gasteiger partial charge in [0, 0.05) is 6.61 Å². The first-order valence-corrected chi connectivity index (χ1v) is 5.57. The van der Waals surface area contributed by atoms with Crippen molar-refractivity contribution in [3.8, 4) is 0 Å². The normalized spacial score (nSPS) is 11.8. The number of hydrogen-bond acceptors (Lipinski definition) is 2. The Labute approximate surface area is 83.5 Å². The molecule has 0 saturated carbocycles. The predicted molar refractivity (Wildman–Crippen MR) is 59.7 cm³/mol. The summed E-state index contributed by atoms with van der Waals surface area (Å²) in [5.74, 6) is 0.560. The van der Waals surface area contributed by atoms with Crippen LogP contribution in [0.2, 0.25) is 0 Å². The molecule has 0 rings (SSSR count). The van der Waals surface area contributed by atoms with E-state index in [4.69, 9.17) is 10.8 Å². The van der Waals surface area contributed by atoms with Crippen molar-refractivity contribution in [1.29, 1.82) is 0 Å². The summed E-state index contributed by atoms with van der Waals surface area (Å²) in [4.78, 5) is 0. The Kier molecular flexibility index (Phi) is 17.1. The van der Waals surface area contributed by atoms with Crippen molar-refractivity contribution in [1.82, 2.24) is 0 Å². The van der Waals surface area contributed by atoms with E-state index in [0.717, 1.165) is 19.4 Å². The van der Waals surface area contributed by atoms with Crippen molar-refractivity contribution in [2.24, 2.45) is 11.7 Å². The van der Waals surface area contributed by atoms with Crippen LogP contribution in [0, 0.1) is 5.92 Å². The predicted octanol–water partition coefficient (Wildman–Crippen LogP) is 2.55. The molecule has 0 amide bonds. The second kappa shape index (κ2) is 14.4. The van der Waals surface area contributed by atoms with Gasteiger partial charge < -0.3 is 10.8 Å². The summed E-state index contributed by atoms with van der Waals surface area (Å²) in [6.45, 7) is 7.57. The van der Waals surface area contributed by atoms with Crippen molar-refractivity contribution in [3.63, 3.8) is 0 Å². The summed E-state index contributed by atoms with van der Waals surface area (Å²) < 4.78 is 0. The minimum absolute atomic E-state index is 0.372. The van der Waals surface area contributed by atoms with E-state index in [2.05, 4.69) is 20.8 Å². The van der Waals surface area contributed by atoms with Crippen LogP contribution < -0.4 is 5.73 Å². The monoisotopic (exact) mass is 189 g/mol. The van der Waals surface area contributed by atoms with Crippen LogP contribution in [0.5, 0.6) is 0 Å². The lowest BCUT2D eigenvalue weighted by atomic mass is 10.0. The lowest BCUT2D eigenvalue weighted by Gasteiger charge is -2.08. The Morgan fingerprint density at radius 3 is 1.92 bits per heavy atom. The highest BCUT2D eigenvalue weighted by Crippen LogP contribution is 2.10. The average Bonchev–Trinajstić information content (AvgIpc) is 2.20. The lowest BCUT2D eigenvalue weighted by Crippen LogP contribution is -2.03. The Balaban J connectivity index is 0. The molecule has 82 valence electrons. The molecule has 2 nitrogen and oxygen atoms in total. The number of rotatable bonds is 6. The molecule has 0 bridgehead atoms. The molecule has 1 atom stereocenters. The molecular formula is C11H27NO. The van der Waals surface area contributed by atoms with Gasteiger partial charge in [-0.15, -0.1) is 0 Å². The molecular weight excluding hydrogens is 162 g/mol. The third-order valence-corrected chi connectivity index (χ3v) is 2.09. The number of aliphatic hydroxyl groups excluding tert-OH is 1. The third kappa shape index (κ3) is 14.7. The van der Waals surface area contributed by atoms with Crippen LogP contribution in [0.1, 0.15) is 52.9 Å². The van der Waals surface area contributed by atoms with Gasteiger partial charge in [-0.1, -0.05) is 40.0 Å². The van der Waals surface area contributed by atoms with Crippen LogP contribution in [0.25, 0.3) is 0 Å². The first-order chi connectivity index (χ1) is 6.26. The zero-order chi connectivity index (χ0) is 10.5. The van der Waals surface area contributed by atoms with Crippen LogP contribution in [0.15, 0.2) is 0 Å². The van der Waals surface area contributed by atoms with E-state index in [0.29, 0.717) is 12.5 Å². The van der Waals surface area contributed by atoms with E-state index >= 15 is 0 Å². The van der Waals surface area contributed by atoms with Crippen molar-refractivity contribution in [2.45, 2.75) is 52.9 Å². The molecule has 0 saturated heterocycles. The molecule has 2 heteroatoms. The van der Waals surface area contributed by atoms with Crippen LogP contribution in [-0.2, 0) is 0 Å². The van der Waals surface area contributed by atoms with Gasteiger partial charge in [0.25, 0.3) is 0 Å². The minimum atomic E-state index is 0.372. The average molecular weight is 189 g/mol. The molecule has 0 fully saturated rings. The summed E-state index contributed by atoms with van der Waals surface area (Å²) in [5, 5.41) is 8.75. The van der Waals surface area contributed by atoms with Crippen LogP contribution in [0.4, 0.5) is 0 Å². The second-order valence-corrected chi connectivity index (χ2v) is 3.39. The van der Waals surface area contributed by atoms with Gasteiger partial charge >= 0.3 is 0 Å². The Morgan fingerprint density at radius 2 is 1.69 bits per heavy atom. The Bertz CT molecular complexity index is 70.5. The summed E-state index contributed by atoms with van der Waals surface area (Å²) >= 11 is 0. The zero-order valence-electron chi connectivity index (χ0n) is 9.55. The number of nitrogens with two attached hydrogens (primary N) is 1. The SMILES string of the molecule is CCCCC(CC)CO.CCCN. The molecule has 0 radical (unpaired) electrons. The highest BCUT2D eigenvalue weighted by atomic mass is 16.3. The second-order valence-electron chi connectivity index (χ2n) is 3.39. The summed E-state index contributed by atoms with van der Waals surface area (Å²) in [5.41, 5.74) is 5.03. The molecule has 0 spiro atoms. The largest absolute Gasteiger partial charge is 0.396 e. The van der Waals surface area contributed by atoms with Gasteiger partial charge in [-0.2, -0.15) is 0 Å². The fourth-order valence-electron chi connectivity index (χ4n) is 0.917. The van der Waals surface area contributed by atoms with Crippen LogP contribution in [-0.4, -0.2) is 18.3 Å². The minimum Gasteiger partial charge on any atom is -0.396 e. The van der Waals surface area contributed by atoms with E-state index in [9.17, 15) is 0 Å². The molecule has 0 aliphatic heterocycles. The molecule has 0 aliphatic rings. The molecule has 0 aromatic heterocycles. The first kappa shape index (κ1) is 15.4. The van der Waals surface area contributed by atoms with Gasteiger partial charge in [-0.05, 0) is 25.3 Å². The maximum absolute atomic E-state index is 8.75. The first-order valence-electron chi connectivity index (χ1n) is 5.57. The Morgan fingerprint density at radius 1 is 1.15 bits per heavy atom. The zero-order valence-corrected chi connectivity index (χ0v) is 9.55. The number of aliphatic hydroxyl groups is 1. The van der Waals surface area contributed by atoms with Crippen molar-refractivity contribution >= 4 is 0 Å². The summed E-state index contributed by atoms with van der Waals surface area (Å²) in [6.07, 6.45) is 5.93. The summed E-state index contributed by atoms with van der Waals surface area (Å²) in [6, 6.07) is 0. The molecule has 3 N–H and O–H groups in total. The van der Waals surface area contributed by atoms with Crippen molar-refractivity contribution in [2.75, 3.05) is 13.2 Å². The molecule has 1 unspecified atom stereocenters. The molecule has 0 heterocycles. The summed E-state index contributed by atoms with van der Waals surface area (Å²) in [7, 11) is 0. The smallest absolute Gasteiger partial charge is 0.0459 e. The fraction of sp³-hybridized carbons (Fsp3) is 1.00. The quantitative estimate of drug-likeness (QED) is 0.674. The maximum atomic E-state index is 8.75. The molecule has 0 aromatic carbocycles.